The molecule has 0 amide bonds. The van der Waals surface area contributed by atoms with E-state index < -0.39 is 5.41 Å². The van der Waals surface area contributed by atoms with Crippen LogP contribution in [0, 0.1) is 17.1 Å². The van der Waals surface area contributed by atoms with Crippen LogP contribution < -0.4 is 0 Å². The van der Waals surface area contributed by atoms with Gasteiger partial charge in [-0.2, -0.15) is 10.2 Å². The highest BCUT2D eigenvalue weighted by Crippen LogP contribution is 2.22. The fourth-order valence-corrected chi connectivity index (χ4v) is 1.89. The lowest BCUT2D eigenvalue weighted by Crippen LogP contribution is -2.14. The molecule has 0 bridgehead atoms. The van der Waals surface area contributed by atoms with Gasteiger partial charge < -0.3 is 4.52 Å². The van der Waals surface area contributed by atoms with Crippen LogP contribution in [0.1, 0.15) is 31.1 Å². The summed E-state index contributed by atoms with van der Waals surface area (Å²) in [5.41, 5.74) is 0.0460. The summed E-state index contributed by atoms with van der Waals surface area (Å²) in [6.45, 7) is 3.41. The van der Waals surface area contributed by atoms with E-state index in [4.69, 9.17) is 9.78 Å². The molecule has 6 heteroatoms. The summed E-state index contributed by atoms with van der Waals surface area (Å²) in [5.74, 6) is 0.436. The third-order valence-corrected chi connectivity index (χ3v) is 3.24. The first-order valence-electron chi connectivity index (χ1n) is 5.60. The van der Waals surface area contributed by atoms with E-state index >= 15 is 0 Å². The van der Waals surface area contributed by atoms with E-state index in [9.17, 15) is 4.39 Å². The number of hydrogen-bond acceptors (Lipinski definition) is 4. The number of nitrogens with zero attached hydrogens (tertiary/aromatic N) is 3. The van der Waals surface area contributed by atoms with E-state index in [2.05, 4.69) is 32.1 Å². The van der Waals surface area contributed by atoms with Gasteiger partial charge in [0.2, 0.25) is 5.89 Å². The standard InChI is InChI=1S/C13H11BrFN3O/c1-13(2,7-16)12-17-11(18-19-12)6-8-3-4-10(15)9(14)5-8/h3-5H,6H2,1-2H3. The van der Waals surface area contributed by atoms with Gasteiger partial charge in [0.15, 0.2) is 5.82 Å². The van der Waals surface area contributed by atoms with Crippen molar-refractivity contribution < 1.29 is 8.91 Å². The predicted molar refractivity (Wildman–Crippen MR) is 69.8 cm³/mol. The van der Waals surface area contributed by atoms with Crippen molar-refractivity contribution in [1.82, 2.24) is 10.1 Å². The minimum atomic E-state index is -0.811. The topological polar surface area (TPSA) is 62.7 Å². The molecule has 0 unspecified atom stereocenters. The Kier molecular flexibility index (Phi) is 3.67. The highest BCUT2D eigenvalue weighted by atomic mass is 79.9. The van der Waals surface area contributed by atoms with Gasteiger partial charge in [0.05, 0.1) is 10.5 Å². The predicted octanol–water partition coefficient (Wildman–Crippen LogP) is 3.36. The fraction of sp³-hybridized carbons (Fsp3) is 0.308. The Labute approximate surface area is 118 Å². The molecule has 0 N–H and O–H groups in total. The van der Waals surface area contributed by atoms with Crippen molar-refractivity contribution in [2.75, 3.05) is 0 Å². The van der Waals surface area contributed by atoms with Crippen LogP contribution in [0.3, 0.4) is 0 Å². The molecule has 0 saturated heterocycles. The lowest BCUT2D eigenvalue weighted by Gasteiger charge is -2.06. The SMILES string of the molecule is CC(C)(C#N)c1nc(Cc2ccc(F)c(Br)c2)no1. The highest BCUT2D eigenvalue weighted by molar-refractivity contribution is 9.10. The smallest absolute Gasteiger partial charge is 0.246 e. The maximum absolute atomic E-state index is 13.1. The Morgan fingerprint density at radius 1 is 1.47 bits per heavy atom. The second kappa shape index (κ2) is 5.10. The average Bonchev–Trinajstić information content (AvgIpc) is 2.83. The van der Waals surface area contributed by atoms with Crippen LogP contribution in [0.25, 0.3) is 0 Å². The Bertz CT molecular complexity index is 646. The molecule has 0 aliphatic rings. The highest BCUT2D eigenvalue weighted by Gasteiger charge is 2.27. The first-order chi connectivity index (χ1) is 8.92. The fourth-order valence-electron chi connectivity index (χ4n) is 1.46. The Morgan fingerprint density at radius 3 is 2.84 bits per heavy atom. The van der Waals surface area contributed by atoms with Crippen molar-refractivity contribution in [2.24, 2.45) is 0 Å². The molecule has 1 aromatic heterocycles. The van der Waals surface area contributed by atoms with Crippen molar-refractivity contribution in [3.63, 3.8) is 0 Å². The molecule has 0 atom stereocenters. The Morgan fingerprint density at radius 2 is 2.21 bits per heavy atom. The molecular weight excluding hydrogens is 313 g/mol. The zero-order valence-corrected chi connectivity index (χ0v) is 12.0. The number of hydrogen-bond donors (Lipinski definition) is 0. The van der Waals surface area contributed by atoms with Gasteiger partial charge in [-0.15, -0.1) is 0 Å². The van der Waals surface area contributed by atoms with E-state index in [1.54, 1.807) is 26.0 Å². The van der Waals surface area contributed by atoms with Crippen molar-refractivity contribution in [3.8, 4) is 6.07 Å². The first kappa shape index (κ1) is 13.7. The van der Waals surface area contributed by atoms with Crippen molar-refractivity contribution in [1.29, 1.82) is 5.26 Å². The summed E-state index contributed by atoms with van der Waals surface area (Å²) < 4.78 is 18.6. The van der Waals surface area contributed by atoms with Gasteiger partial charge in [0.25, 0.3) is 0 Å². The van der Waals surface area contributed by atoms with Gasteiger partial charge in [-0.05, 0) is 47.5 Å². The number of halogens is 2. The molecule has 2 aromatic rings. The lowest BCUT2D eigenvalue weighted by atomic mass is 9.96. The maximum Gasteiger partial charge on any atom is 0.246 e. The van der Waals surface area contributed by atoms with Crippen LogP contribution >= 0.6 is 15.9 Å². The molecule has 0 aliphatic heterocycles. The van der Waals surface area contributed by atoms with Crippen LogP contribution in [0.2, 0.25) is 0 Å². The number of aromatic nitrogens is 2. The van der Waals surface area contributed by atoms with E-state index in [0.717, 1.165) is 5.56 Å². The van der Waals surface area contributed by atoms with Crippen LogP contribution in [-0.4, -0.2) is 10.1 Å². The number of benzene rings is 1. The van der Waals surface area contributed by atoms with E-state index in [-0.39, 0.29) is 11.7 Å². The van der Waals surface area contributed by atoms with Gasteiger partial charge in [0.1, 0.15) is 11.2 Å². The van der Waals surface area contributed by atoms with Crippen molar-refractivity contribution in [2.45, 2.75) is 25.7 Å². The lowest BCUT2D eigenvalue weighted by molar-refractivity contribution is 0.337. The summed E-state index contributed by atoms with van der Waals surface area (Å²) in [4.78, 5) is 4.19. The molecular formula is C13H11BrFN3O. The zero-order valence-electron chi connectivity index (χ0n) is 10.4. The summed E-state index contributed by atoms with van der Waals surface area (Å²) >= 11 is 3.13. The van der Waals surface area contributed by atoms with Gasteiger partial charge in [-0.25, -0.2) is 4.39 Å². The van der Waals surface area contributed by atoms with Gasteiger partial charge in [-0.1, -0.05) is 11.2 Å². The molecule has 1 aromatic carbocycles. The maximum atomic E-state index is 13.1. The van der Waals surface area contributed by atoms with Crippen LogP contribution in [0.15, 0.2) is 27.2 Å². The first-order valence-corrected chi connectivity index (χ1v) is 6.40. The molecule has 0 fully saturated rings. The summed E-state index contributed by atoms with van der Waals surface area (Å²) in [6, 6.07) is 6.80. The number of rotatable bonds is 3. The molecule has 0 spiro atoms. The molecule has 1 heterocycles. The molecule has 19 heavy (non-hydrogen) atoms. The Hall–Kier alpha value is -1.74. The monoisotopic (exact) mass is 323 g/mol. The summed E-state index contributed by atoms with van der Waals surface area (Å²) in [6.07, 6.45) is 0.421. The quantitative estimate of drug-likeness (QED) is 0.868. The minimum Gasteiger partial charge on any atom is -0.338 e. The van der Waals surface area contributed by atoms with E-state index in [0.29, 0.717) is 16.7 Å². The molecule has 0 radical (unpaired) electrons. The normalized spacial score (nSPS) is 11.3. The van der Waals surface area contributed by atoms with Gasteiger partial charge in [-0.3, -0.25) is 0 Å². The van der Waals surface area contributed by atoms with Crippen molar-refractivity contribution >= 4 is 15.9 Å². The Balaban J connectivity index is 2.21. The second-order valence-electron chi connectivity index (χ2n) is 4.68. The average molecular weight is 324 g/mol. The molecule has 2 rings (SSSR count). The second-order valence-corrected chi connectivity index (χ2v) is 5.53. The summed E-state index contributed by atoms with van der Waals surface area (Å²) in [7, 11) is 0. The third kappa shape index (κ3) is 2.99. The summed E-state index contributed by atoms with van der Waals surface area (Å²) in [5, 5.41) is 12.8. The number of nitriles is 1. The van der Waals surface area contributed by atoms with Crippen LogP contribution in [-0.2, 0) is 11.8 Å². The van der Waals surface area contributed by atoms with E-state index in [1.165, 1.54) is 6.07 Å². The van der Waals surface area contributed by atoms with Crippen LogP contribution in [0.4, 0.5) is 4.39 Å². The third-order valence-electron chi connectivity index (χ3n) is 2.63. The molecule has 0 saturated carbocycles. The van der Waals surface area contributed by atoms with Crippen LogP contribution in [0.5, 0.6) is 0 Å². The van der Waals surface area contributed by atoms with E-state index in [1.807, 2.05) is 0 Å². The molecule has 98 valence electrons. The largest absolute Gasteiger partial charge is 0.338 e. The van der Waals surface area contributed by atoms with Gasteiger partial charge in [0, 0.05) is 6.42 Å². The zero-order chi connectivity index (χ0) is 14.0. The van der Waals surface area contributed by atoms with Crippen molar-refractivity contribution in [3.05, 3.63) is 45.8 Å². The minimum absolute atomic E-state index is 0.283. The molecule has 4 nitrogen and oxygen atoms in total. The van der Waals surface area contributed by atoms with Gasteiger partial charge >= 0.3 is 0 Å². The molecule has 0 aliphatic carbocycles.